The summed E-state index contributed by atoms with van der Waals surface area (Å²) in [5.74, 6) is 1.70. The van der Waals surface area contributed by atoms with Crippen LogP contribution in [0.4, 0.5) is 0 Å². The SMILES string of the molecule is CC1(C)c2ccccc2-n2cc3c4ccccc4n(-c4nc(-c5cccnc5)nc(-c5cccnc5)n4)c3c21. The van der Waals surface area contributed by atoms with Gasteiger partial charge in [0.1, 0.15) is 0 Å². The predicted molar refractivity (Wildman–Crippen MR) is 152 cm³/mol. The summed E-state index contributed by atoms with van der Waals surface area (Å²) in [4.78, 5) is 23.6. The average molecular weight is 506 g/mol. The van der Waals surface area contributed by atoms with Gasteiger partial charge in [0.25, 0.3) is 0 Å². The Hall–Kier alpha value is -5.17. The van der Waals surface area contributed by atoms with Crippen LogP contribution >= 0.6 is 0 Å². The van der Waals surface area contributed by atoms with Gasteiger partial charge in [-0.1, -0.05) is 50.2 Å². The van der Waals surface area contributed by atoms with E-state index in [-0.39, 0.29) is 5.41 Å². The number of benzene rings is 2. The Morgan fingerprint density at radius 1 is 0.667 bits per heavy atom. The second-order valence-electron chi connectivity index (χ2n) is 10.4. The molecule has 0 unspecified atom stereocenters. The Balaban J connectivity index is 1.49. The number of pyridine rings is 2. The molecule has 0 bridgehead atoms. The highest BCUT2D eigenvalue weighted by Gasteiger charge is 2.39. The van der Waals surface area contributed by atoms with E-state index in [1.54, 1.807) is 24.8 Å². The van der Waals surface area contributed by atoms with Crippen LogP contribution in [-0.2, 0) is 5.41 Å². The Morgan fingerprint density at radius 3 is 2.03 bits per heavy atom. The van der Waals surface area contributed by atoms with E-state index in [0.717, 1.165) is 27.5 Å². The van der Waals surface area contributed by atoms with Gasteiger partial charge in [-0.3, -0.25) is 14.5 Å². The molecule has 0 spiro atoms. The van der Waals surface area contributed by atoms with Gasteiger partial charge in [-0.05, 0) is 42.0 Å². The molecule has 7 nitrogen and oxygen atoms in total. The molecule has 0 fully saturated rings. The smallest absolute Gasteiger partial charge is 0.238 e. The number of para-hydroxylation sites is 2. The second-order valence-corrected chi connectivity index (χ2v) is 10.4. The van der Waals surface area contributed by atoms with E-state index in [2.05, 4.69) is 87.7 Å². The van der Waals surface area contributed by atoms with Gasteiger partial charge in [-0.2, -0.15) is 9.97 Å². The van der Waals surface area contributed by atoms with Crippen LogP contribution in [-0.4, -0.2) is 34.1 Å². The van der Waals surface area contributed by atoms with E-state index in [4.69, 9.17) is 15.0 Å². The van der Waals surface area contributed by atoms with E-state index in [1.807, 2.05) is 24.3 Å². The van der Waals surface area contributed by atoms with Gasteiger partial charge in [-0.15, -0.1) is 0 Å². The summed E-state index contributed by atoms with van der Waals surface area (Å²) in [5, 5.41) is 2.34. The van der Waals surface area contributed by atoms with Crippen molar-refractivity contribution < 1.29 is 0 Å². The molecule has 0 aliphatic carbocycles. The summed E-state index contributed by atoms with van der Waals surface area (Å²) in [6, 6.07) is 24.8. The fourth-order valence-corrected chi connectivity index (χ4v) is 5.98. The first-order valence-electron chi connectivity index (χ1n) is 12.9. The fraction of sp³-hybridized carbons (Fsp3) is 0.0938. The molecule has 0 amide bonds. The molecular formula is C32H23N7. The third-order valence-corrected chi connectivity index (χ3v) is 7.73. The molecule has 2 aromatic carbocycles. The number of aromatic nitrogens is 7. The third-order valence-electron chi connectivity index (χ3n) is 7.73. The molecule has 6 heterocycles. The van der Waals surface area contributed by atoms with Crippen molar-refractivity contribution in [1.29, 1.82) is 0 Å². The average Bonchev–Trinajstić information content (AvgIpc) is 3.59. The first-order valence-corrected chi connectivity index (χ1v) is 12.9. The van der Waals surface area contributed by atoms with Crippen LogP contribution in [0.1, 0.15) is 25.1 Å². The maximum atomic E-state index is 5.04. The molecule has 0 saturated carbocycles. The number of nitrogens with zero attached hydrogens (tertiary/aromatic N) is 7. The minimum Gasteiger partial charge on any atom is -0.317 e. The molecule has 0 atom stereocenters. The fourth-order valence-electron chi connectivity index (χ4n) is 5.98. The van der Waals surface area contributed by atoms with Crippen LogP contribution < -0.4 is 0 Å². The molecular weight excluding hydrogens is 482 g/mol. The highest BCUT2D eigenvalue weighted by Crippen LogP contribution is 2.49. The molecule has 39 heavy (non-hydrogen) atoms. The Morgan fingerprint density at radius 2 is 1.33 bits per heavy atom. The first kappa shape index (κ1) is 21.9. The standard InChI is InChI=1S/C32H23N7/c1-32(2)24-12-4-6-14-26(24)38-19-23-22-11-3-5-13-25(22)39(27(23)28(32)38)31-36-29(20-9-7-15-33-17-20)35-30(37-31)21-10-8-16-34-18-21/h3-19H,1-2H3. The number of hydrogen-bond donors (Lipinski definition) is 0. The molecule has 186 valence electrons. The Labute approximate surface area is 224 Å². The molecule has 0 N–H and O–H groups in total. The van der Waals surface area contributed by atoms with Crippen molar-refractivity contribution in [2.24, 2.45) is 0 Å². The lowest BCUT2D eigenvalue weighted by Gasteiger charge is -2.20. The lowest BCUT2D eigenvalue weighted by atomic mass is 9.83. The van der Waals surface area contributed by atoms with Gasteiger partial charge >= 0.3 is 0 Å². The molecule has 1 aliphatic heterocycles. The van der Waals surface area contributed by atoms with E-state index in [0.29, 0.717) is 17.6 Å². The quantitative estimate of drug-likeness (QED) is 0.273. The summed E-state index contributed by atoms with van der Waals surface area (Å²) in [6.45, 7) is 4.59. The van der Waals surface area contributed by atoms with E-state index in [1.165, 1.54) is 22.3 Å². The first-order chi connectivity index (χ1) is 19.1. The van der Waals surface area contributed by atoms with Crippen molar-refractivity contribution in [2.75, 3.05) is 0 Å². The van der Waals surface area contributed by atoms with Crippen molar-refractivity contribution in [1.82, 2.24) is 34.1 Å². The van der Waals surface area contributed by atoms with Crippen molar-refractivity contribution in [3.8, 4) is 34.4 Å². The number of hydrogen-bond acceptors (Lipinski definition) is 5. The molecule has 5 aromatic heterocycles. The maximum absolute atomic E-state index is 5.04. The summed E-state index contributed by atoms with van der Waals surface area (Å²) < 4.78 is 4.54. The lowest BCUT2D eigenvalue weighted by Crippen LogP contribution is -2.17. The van der Waals surface area contributed by atoms with Crippen LogP contribution in [0.15, 0.2) is 104 Å². The number of rotatable bonds is 3. The van der Waals surface area contributed by atoms with Crippen LogP contribution in [0.2, 0.25) is 0 Å². The van der Waals surface area contributed by atoms with Crippen molar-refractivity contribution in [3.63, 3.8) is 0 Å². The van der Waals surface area contributed by atoms with Gasteiger partial charge in [0.2, 0.25) is 5.95 Å². The highest BCUT2D eigenvalue weighted by molar-refractivity contribution is 6.11. The minimum atomic E-state index is -0.212. The molecule has 7 aromatic rings. The zero-order valence-corrected chi connectivity index (χ0v) is 21.4. The Bertz CT molecular complexity index is 1980. The predicted octanol–water partition coefficient (Wildman–Crippen LogP) is 6.52. The largest absolute Gasteiger partial charge is 0.317 e. The van der Waals surface area contributed by atoms with E-state index >= 15 is 0 Å². The monoisotopic (exact) mass is 505 g/mol. The van der Waals surface area contributed by atoms with Gasteiger partial charge in [0.05, 0.1) is 16.7 Å². The zero-order valence-electron chi connectivity index (χ0n) is 21.4. The Kier molecular flexibility index (Phi) is 4.44. The van der Waals surface area contributed by atoms with Crippen LogP contribution in [0.5, 0.6) is 0 Å². The summed E-state index contributed by atoms with van der Waals surface area (Å²) in [5.41, 5.74) is 7.35. The maximum Gasteiger partial charge on any atom is 0.238 e. The third kappa shape index (κ3) is 3.07. The normalized spacial score (nSPS) is 13.6. The van der Waals surface area contributed by atoms with Gasteiger partial charge < -0.3 is 4.57 Å². The molecule has 0 saturated heterocycles. The van der Waals surface area contributed by atoms with Crippen molar-refractivity contribution >= 4 is 21.8 Å². The summed E-state index contributed by atoms with van der Waals surface area (Å²) in [7, 11) is 0. The lowest BCUT2D eigenvalue weighted by molar-refractivity contribution is 0.645. The molecule has 1 aliphatic rings. The van der Waals surface area contributed by atoms with E-state index in [9.17, 15) is 0 Å². The molecule has 0 radical (unpaired) electrons. The highest BCUT2D eigenvalue weighted by atomic mass is 15.2. The van der Waals surface area contributed by atoms with Crippen LogP contribution in [0.3, 0.4) is 0 Å². The molecule has 7 heteroatoms. The van der Waals surface area contributed by atoms with Crippen LogP contribution in [0.25, 0.3) is 56.2 Å². The van der Waals surface area contributed by atoms with Crippen molar-refractivity contribution in [2.45, 2.75) is 19.3 Å². The van der Waals surface area contributed by atoms with Crippen molar-refractivity contribution in [3.05, 3.63) is 115 Å². The van der Waals surface area contributed by atoms with Gasteiger partial charge in [-0.25, -0.2) is 4.98 Å². The molecule has 8 rings (SSSR count). The summed E-state index contributed by atoms with van der Waals surface area (Å²) >= 11 is 0. The van der Waals surface area contributed by atoms with Gasteiger partial charge in [0.15, 0.2) is 11.6 Å². The van der Waals surface area contributed by atoms with Crippen LogP contribution in [0, 0.1) is 0 Å². The second kappa shape index (κ2) is 7.91. The van der Waals surface area contributed by atoms with Gasteiger partial charge in [0, 0.05) is 64.0 Å². The zero-order chi connectivity index (χ0) is 26.1. The number of fused-ring (bicyclic) bond motifs is 7. The van der Waals surface area contributed by atoms with E-state index < -0.39 is 0 Å². The topological polar surface area (TPSA) is 74.3 Å². The summed E-state index contributed by atoms with van der Waals surface area (Å²) in [6.07, 6.45) is 9.33. The minimum absolute atomic E-state index is 0.212.